The Balaban J connectivity index is 2.67. The number of nitro groups is 1. The van der Waals surface area contributed by atoms with Crippen molar-refractivity contribution in [2.45, 2.75) is 33.6 Å². The Morgan fingerprint density at radius 3 is 2.39 bits per heavy atom. The van der Waals surface area contributed by atoms with E-state index in [1.54, 1.807) is 27.7 Å². The lowest BCUT2D eigenvalue weighted by atomic mass is 9.75. The van der Waals surface area contributed by atoms with Gasteiger partial charge < -0.3 is 24.6 Å². The number of carbonyl (C=O) groups is 4. The highest BCUT2D eigenvalue weighted by Crippen LogP contribution is 2.44. The topological polar surface area (TPSA) is 184 Å². The molecule has 194 valence electrons. The minimum absolute atomic E-state index is 0.0128. The molecular weight excluding hydrogens is 478 g/mol. The van der Waals surface area contributed by atoms with Crippen LogP contribution in [0.2, 0.25) is 0 Å². The first-order chi connectivity index (χ1) is 17.0. The predicted octanol–water partition coefficient (Wildman–Crippen LogP) is 1.75. The summed E-state index contributed by atoms with van der Waals surface area (Å²) in [6, 6.07) is 3.52. The van der Waals surface area contributed by atoms with Crippen LogP contribution in [0.3, 0.4) is 0 Å². The number of esters is 2. The van der Waals surface area contributed by atoms with Crippen molar-refractivity contribution in [2.75, 3.05) is 26.4 Å². The van der Waals surface area contributed by atoms with Crippen LogP contribution in [0.4, 0.5) is 5.69 Å². The molecule has 1 aromatic rings. The number of nitrogens with zero attached hydrogens (tertiary/aromatic N) is 2. The summed E-state index contributed by atoms with van der Waals surface area (Å²) >= 11 is 0. The number of non-ortho nitro benzene ring substituents is 1. The number of allylic oxidation sites excluding steroid dienone is 1. The summed E-state index contributed by atoms with van der Waals surface area (Å²) < 4.78 is 16.0. The number of carboxylic acids is 1. The number of ether oxygens (including phenoxy) is 3. The predicted molar refractivity (Wildman–Crippen MR) is 125 cm³/mol. The molecule has 2 unspecified atom stereocenters. The van der Waals surface area contributed by atoms with Crippen molar-refractivity contribution in [1.29, 1.82) is 0 Å². The average molecular weight is 505 g/mol. The van der Waals surface area contributed by atoms with Crippen LogP contribution in [0.15, 0.2) is 34.5 Å². The van der Waals surface area contributed by atoms with Gasteiger partial charge in [-0.2, -0.15) is 0 Å². The van der Waals surface area contributed by atoms with E-state index in [1.807, 2.05) is 0 Å². The molecule has 1 aliphatic rings. The Kier molecular flexibility index (Phi) is 9.65. The van der Waals surface area contributed by atoms with Crippen LogP contribution in [0.1, 0.15) is 39.2 Å². The van der Waals surface area contributed by atoms with Crippen LogP contribution in [0, 0.1) is 16.0 Å². The molecule has 1 aromatic carbocycles. The highest BCUT2D eigenvalue weighted by Gasteiger charge is 2.44. The third-order valence-corrected chi connectivity index (χ3v) is 5.20. The van der Waals surface area contributed by atoms with Gasteiger partial charge in [0.1, 0.15) is 18.2 Å². The number of hydrogen-bond donors (Lipinski definition) is 2. The number of aliphatic imine (C=N–C) groups is 1. The number of carboxylic acid groups (broad SMARTS) is 1. The van der Waals surface area contributed by atoms with Gasteiger partial charge in [0, 0.05) is 35.0 Å². The second-order valence-corrected chi connectivity index (χ2v) is 7.62. The van der Waals surface area contributed by atoms with Crippen molar-refractivity contribution >= 4 is 35.2 Å². The lowest BCUT2D eigenvalue weighted by Crippen LogP contribution is -2.37. The van der Waals surface area contributed by atoms with Crippen molar-refractivity contribution in [1.82, 2.24) is 5.32 Å². The minimum atomic E-state index is -1.26. The van der Waals surface area contributed by atoms with Crippen LogP contribution in [0.5, 0.6) is 5.75 Å². The van der Waals surface area contributed by atoms with E-state index in [1.165, 1.54) is 6.07 Å². The van der Waals surface area contributed by atoms with E-state index >= 15 is 0 Å². The molecular formula is C23H27N3O10. The number of hydrogen-bond acceptors (Lipinski definition) is 10. The van der Waals surface area contributed by atoms with Gasteiger partial charge in [0.25, 0.3) is 11.6 Å². The summed E-state index contributed by atoms with van der Waals surface area (Å²) in [6.45, 7) is 5.12. The highest BCUT2D eigenvalue weighted by molar-refractivity contribution is 6.07. The zero-order chi connectivity index (χ0) is 27.0. The van der Waals surface area contributed by atoms with E-state index in [0.29, 0.717) is 5.71 Å². The van der Waals surface area contributed by atoms with Gasteiger partial charge in [-0.05, 0) is 33.8 Å². The normalized spacial score (nSPS) is 17.1. The van der Waals surface area contributed by atoms with Crippen molar-refractivity contribution in [3.05, 3.63) is 45.1 Å². The molecule has 0 fully saturated rings. The van der Waals surface area contributed by atoms with Gasteiger partial charge in [-0.15, -0.1) is 0 Å². The molecule has 2 atom stereocenters. The standard InChI is InChI=1S/C23H27N3O10/c1-5-34-22(30)19-12(3)25-13(4)20(23(31)35-6-2)21(19)15-9-14(26(32)33)7-8-16(15)36-11-17(27)24-10-18(28)29/h7-9,19,21H,5-6,10-11H2,1-4H3,(H,24,27)(H,28,29). The summed E-state index contributed by atoms with van der Waals surface area (Å²) in [4.78, 5) is 63.9. The number of nitro benzene ring substituents is 1. The monoisotopic (exact) mass is 505 g/mol. The molecule has 0 aromatic heterocycles. The average Bonchev–Trinajstić information content (AvgIpc) is 2.80. The van der Waals surface area contributed by atoms with Crippen molar-refractivity contribution in [3.8, 4) is 5.75 Å². The largest absolute Gasteiger partial charge is 0.483 e. The fraction of sp³-hybridized carbons (Fsp3) is 0.435. The van der Waals surface area contributed by atoms with Crippen LogP contribution in [0.25, 0.3) is 0 Å². The quantitative estimate of drug-likeness (QED) is 0.255. The van der Waals surface area contributed by atoms with E-state index in [9.17, 15) is 29.3 Å². The molecule has 0 saturated carbocycles. The third kappa shape index (κ3) is 6.64. The Hall–Kier alpha value is -4.29. The van der Waals surface area contributed by atoms with E-state index in [0.717, 1.165) is 12.1 Å². The van der Waals surface area contributed by atoms with Crippen molar-refractivity contribution < 1.29 is 43.4 Å². The Labute approximate surface area is 206 Å². The van der Waals surface area contributed by atoms with Gasteiger partial charge in [-0.3, -0.25) is 29.5 Å². The first kappa shape index (κ1) is 28.0. The number of carbonyl (C=O) groups excluding carboxylic acids is 3. The van der Waals surface area contributed by atoms with Gasteiger partial charge in [0.15, 0.2) is 6.61 Å². The maximum absolute atomic E-state index is 13.0. The second-order valence-electron chi connectivity index (χ2n) is 7.62. The van der Waals surface area contributed by atoms with Crippen molar-refractivity contribution in [3.63, 3.8) is 0 Å². The number of rotatable bonds is 11. The summed E-state index contributed by atoms with van der Waals surface area (Å²) in [5, 5.41) is 22.4. The lowest BCUT2D eigenvalue weighted by molar-refractivity contribution is -0.385. The van der Waals surface area contributed by atoms with Crippen LogP contribution < -0.4 is 10.1 Å². The third-order valence-electron chi connectivity index (χ3n) is 5.20. The molecule has 36 heavy (non-hydrogen) atoms. The number of nitrogens with one attached hydrogen (secondary N) is 1. The van der Waals surface area contributed by atoms with E-state index in [4.69, 9.17) is 19.3 Å². The first-order valence-electron chi connectivity index (χ1n) is 11.0. The molecule has 0 spiro atoms. The molecule has 2 N–H and O–H groups in total. The summed E-state index contributed by atoms with van der Waals surface area (Å²) in [5.74, 6) is -5.82. The summed E-state index contributed by atoms with van der Waals surface area (Å²) in [6.07, 6.45) is 0. The van der Waals surface area contributed by atoms with Crippen molar-refractivity contribution in [2.24, 2.45) is 10.9 Å². The molecule has 1 aliphatic heterocycles. The molecule has 2 rings (SSSR count). The first-order valence-corrected chi connectivity index (χ1v) is 11.0. The second kappa shape index (κ2) is 12.4. The maximum Gasteiger partial charge on any atom is 0.336 e. The fourth-order valence-corrected chi connectivity index (χ4v) is 3.78. The summed E-state index contributed by atoms with van der Waals surface area (Å²) in [7, 11) is 0. The van der Waals surface area contributed by atoms with E-state index in [-0.39, 0.29) is 41.5 Å². The molecule has 13 heteroatoms. The van der Waals surface area contributed by atoms with Crippen LogP contribution in [-0.2, 0) is 28.7 Å². The van der Waals surface area contributed by atoms with Crippen LogP contribution >= 0.6 is 0 Å². The van der Waals surface area contributed by atoms with Gasteiger partial charge in [0.05, 0.1) is 23.7 Å². The molecule has 1 amide bonds. The number of aliphatic carboxylic acids is 1. The van der Waals surface area contributed by atoms with Crippen LogP contribution in [-0.4, -0.2) is 65.9 Å². The van der Waals surface area contributed by atoms with Gasteiger partial charge in [0.2, 0.25) is 0 Å². The van der Waals surface area contributed by atoms with E-state index < -0.39 is 53.7 Å². The number of benzene rings is 1. The fourth-order valence-electron chi connectivity index (χ4n) is 3.78. The zero-order valence-corrected chi connectivity index (χ0v) is 20.2. The minimum Gasteiger partial charge on any atom is -0.483 e. The van der Waals surface area contributed by atoms with Gasteiger partial charge >= 0.3 is 17.9 Å². The highest BCUT2D eigenvalue weighted by atomic mass is 16.6. The van der Waals surface area contributed by atoms with Gasteiger partial charge in [-0.1, -0.05) is 0 Å². The Morgan fingerprint density at radius 1 is 1.14 bits per heavy atom. The molecule has 0 aliphatic carbocycles. The molecule has 0 bridgehead atoms. The Bertz CT molecular complexity index is 1130. The molecule has 0 radical (unpaired) electrons. The number of amides is 1. The maximum atomic E-state index is 13.0. The molecule has 1 heterocycles. The lowest BCUT2D eigenvalue weighted by Gasteiger charge is -2.32. The van der Waals surface area contributed by atoms with E-state index in [2.05, 4.69) is 10.3 Å². The van der Waals surface area contributed by atoms with Gasteiger partial charge in [-0.25, -0.2) is 4.79 Å². The zero-order valence-electron chi connectivity index (χ0n) is 20.2. The Morgan fingerprint density at radius 2 is 1.81 bits per heavy atom. The smallest absolute Gasteiger partial charge is 0.336 e. The summed E-state index contributed by atoms with van der Waals surface area (Å²) in [5.41, 5.74) is 0.247. The molecule has 13 nitrogen and oxygen atoms in total. The SMILES string of the molecule is CCOC(=O)C1=C(C)N=C(C)C(C(=O)OCC)C1c1cc([N+](=O)[O-])ccc1OCC(=O)NCC(=O)O. The molecule has 0 saturated heterocycles.